The molecule has 10 N–H and O–H groups in total. The number of carbonyl (C=O) groups excluding carboxylic acids is 4. The fraction of sp³-hybridized carbons (Fsp3) is 0.619. The maximum Gasteiger partial charge on any atom is 0.326 e. The number of hydrogen-bond acceptors (Lipinski definition) is 8. The van der Waals surface area contributed by atoms with E-state index in [1.54, 1.807) is 0 Å². The van der Waals surface area contributed by atoms with Crippen LogP contribution >= 0.6 is 0 Å². The van der Waals surface area contributed by atoms with Gasteiger partial charge in [0.15, 0.2) is 0 Å². The molecular weight excluding hydrogens is 460 g/mol. The van der Waals surface area contributed by atoms with E-state index in [-0.39, 0.29) is 19.4 Å². The molecule has 1 aliphatic rings. The average Bonchev–Trinajstić information content (AvgIpc) is 3.49. The quantitative estimate of drug-likeness (QED) is 0.133. The van der Waals surface area contributed by atoms with Crippen molar-refractivity contribution in [1.82, 2.24) is 25.5 Å². The smallest absolute Gasteiger partial charge is 0.326 e. The Kier molecular flexibility index (Phi) is 10.6. The monoisotopic (exact) mass is 494 g/mol. The van der Waals surface area contributed by atoms with Gasteiger partial charge in [-0.25, -0.2) is 9.78 Å². The van der Waals surface area contributed by atoms with Crippen molar-refractivity contribution in [2.75, 3.05) is 13.1 Å². The highest BCUT2D eigenvalue weighted by Crippen LogP contribution is 2.20. The highest BCUT2D eigenvalue weighted by molar-refractivity contribution is 5.95. The van der Waals surface area contributed by atoms with E-state index in [2.05, 4.69) is 20.6 Å². The number of carbonyl (C=O) groups is 5. The Balaban J connectivity index is 2.19. The van der Waals surface area contributed by atoms with Crippen LogP contribution in [0, 0.1) is 0 Å². The van der Waals surface area contributed by atoms with Gasteiger partial charge in [-0.1, -0.05) is 0 Å². The third kappa shape index (κ3) is 8.33. The van der Waals surface area contributed by atoms with Crippen LogP contribution < -0.4 is 27.8 Å². The van der Waals surface area contributed by atoms with Crippen LogP contribution in [0.1, 0.15) is 44.2 Å². The number of rotatable bonds is 14. The Bertz CT molecular complexity index is 892. The first-order chi connectivity index (χ1) is 16.6. The average molecular weight is 495 g/mol. The van der Waals surface area contributed by atoms with Gasteiger partial charge in [-0.15, -0.1) is 0 Å². The van der Waals surface area contributed by atoms with Gasteiger partial charge in [0.25, 0.3) is 0 Å². The number of H-pyrrole nitrogens is 1. The first-order valence-electron chi connectivity index (χ1n) is 11.5. The van der Waals surface area contributed by atoms with Crippen LogP contribution in [0.15, 0.2) is 12.5 Å². The number of likely N-dealkylation sites (tertiary alicyclic amines) is 1. The van der Waals surface area contributed by atoms with Gasteiger partial charge in [0.2, 0.25) is 23.6 Å². The van der Waals surface area contributed by atoms with Crippen molar-refractivity contribution in [1.29, 1.82) is 0 Å². The molecule has 0 saturated carbocycles. The number of primary amides is 1. The van der Waals surface area contributed by atoms with Crippen molar-refractivity contribution in [2.45, 2.75) is 69.1 Å². The number of unbranched alkanes of at least 4 members (excludes halogenated alkanes) is 1. The molecule has 14 nitrogen and oxygen atoms in total. The first kappa shape index (κ1) is 27.7. The third-order valence-electron chi connectivity index (χ3n) is 5.75. The van der Waals surface area contributed by atoms with Crippen LogP contribution in [-0.4, -0.2) is 86.8 Å². The summed E-state index contributed by atoms with van der Waals surface area (Å²) in [6.07, 6.45) is 4.74. The summed E-state index contributed by atoms with van der Waals surface area (Å²) in [6.45, 7) is 0.669. The highest BCUT2D eigenvalue weighted by Gasteiger charge is 2.38. The summed E-state index contributed by atoms with van der Waals surface area (Å²) in [4.78, 5) is 69.6. The van der Waals surface area contributed by atoms with Crippen LogP contribution in [0.3, 0.4) is 0 Å². The molecular formula is C21H34N8O6. The minimum absolute atomic E-state index is 0.00599. The van der Waals surface area contributed by atoms with E-state index in [4.69, 9.17) is 17.2 Å². The molecule has 194 valence electrons. The molecule has 1 saturated heterocycles. The molecule has 1 fully saturated rings. The topological polar surface area (TPSA) is 240 Å². The molecule has 2 heterocycles. The zero-order valence-corrected chi connectivity index (χ0v) is 19.4. The predicted molar refractivity (Wildman–Crippen MR) is 123 cm³/mol. The molecule has 0 radical (unpaired) electrons. The van der Waals surface area contributed by atoms with Crippen molar-refractivity contribution >= 4 is 29.6 Å². The second-order valence-electron chi connectivity index (χ2n) is 8.49. The third-order valence-corrected chi connectivity index (χ3v) is 5.75. The lowest BCUT2D eigenvalue weighted by Gasteiger charge is -2.29. The molecule has 0 bridgehead atoms. The van der Waals surface area contributed by atoms with Gasteiger partial charge in [0.05, 0.1) is 18.8 Å². The lowest BCUT2D eigenvalue weighted by atomic mass is 10.0. The zero-order chi connectivity index (χ0) is 26.0. The summed E-state index contributed by atoms with van der Waals surface area (Å²) in [7, 11) is 0. The highest BCUT2D eigenvalue weighted by atomic mass is 16.4. The van der Waals surface area contributed by atoms with Crippen molar-refractivity contribution in [2.24, 2.45) is 17.2 Å². The molecule has 4 atom stereocenters. The number of aromatic nitrogens is 2. The SMILES string of the molecule is NCCCCC(NC(=O)C(Cc1cnc[nH]1)NC(=O)C(N)CC(N)=O)C(=O)N1CCCC1C(=O)O. The number of aromatic amines is 1. The molecule has 4 unspecified atom stereocenters. The molecule has 2 rings (SSSR count). The van der Waals surface area contributed by atoms with Gasteiger partial charge in [0, 0.05) is 24.9 Å². The Hall–Kier alpha value is -3.52. The summed E-state index contributed by atoms with van der Waals surface area (Å²) in [5.41, 5.74) is 16.9. The Morgan fingerprint density at radius 3 is 2.49 bits per heavy atom. The van der Waals surface area contributed by atoms with E-state index in [9.17, 15) is 29.1 Å². The van der Waals surface area contributed by atoms with E-state index < -0.39 is 60.2 Å². The standard InChI is InChI=1S/C21H34N8O6/c22-6-2-1-4-14(20(33)29-7-3-5-16(29)21(34)35)27-19(32)15(8-12-10-25-11-26-12)28-18(31)13(23)9-17(24)30/h10-11,13-16H,1-9,22-23H2,(H2,24,30)(H,25,26)(H,27,32)(H,28,31)(H,34,35). The summed E-state index contributed by atoms with van der Waals surface area (Å²) in [6, 6.07) is -4.37. The molecule has 4 amide bonds. The van der Waals surface area contributed by atoms with E-state index >= 15 is 0 Å². The summed E-state index contributed by atoms with van der Waals surface area (Å²) in [5.74, 6) is -3.81. The maximum atomic E-state index is 13.2. The number of imidazole rings is 1. The van der Waals surface area contributed by atoms with Crippen molar-refractivity contribution in [3.05, 3.63) is 18.2 Å². The number of nitrogens with two attached hydrogens (primary N) is 3. The number of nitrogens with one attached hydrogen (secondary N) is 3. The van der Waals surface area contributed by atoms with E-state index in [1.807, 2.05) is 0 Å². The Labute approximate surface area is 202 Å². The van der Waals surface area contributed by atoms with Gasteiger partial charge < -0.3 is 42.8 Å². The summed E-state index contributed by atoms with van der Waals surface area (Å²) < 4.78 is 0. The van der Waals surface area contributed by atoms with Crippen molar-refractivity contribution in [3.63, 3.8) is 0 Å². The lowest BCUT2D eigenvalue weighted by Crippen LogP contribution is -2.57. The maximum absolute atomic E-state index is 13.2. The van der Waals surface area contributed by atoms with Gasteiger partial charge in [-0.2, -0.15) is 0 Å². The summed E-state index contributed by atoms with van der Waals surface area (Å²) >= 11 is 0. The van der Waals surface area contributed by atoms with Crippen LogP contribution in [0.2, 0.25) is 0 Å². The molecule has 14 heteroatoms. The fourth-order valence-electron chi connectivity index (χ4n) is 3.92. The molecule has 0 spiro atoms. The molecule has 1 aromatic rings. The van der Waals surface area contributed by atoms with E-state index in [0.717, 1.165) is 0 Å². The predicted octanol–water partition coefficient (Wildman–Crippen LogP) is -2.67. The van der Waals surface area contributed by atoms with Gasteiger partial charge in [0.1, 0.15) is 18.1 Å². The zero-order valence-electron chi connectivity index (χ0n) is 19.4. The van der Waals surface area contributed by atoms with Crippen LogP contribution in [0.25, 0.3) is 0 Å². The van der Waals surface area contributed by atoms with Crippen LogP contribution in [-0.2, 0) is 30.4 Å². The summed E-state index contributed by atoms with van der Waals surface area (Å²) in [5, 5.41) is 14.6. The molecule has 1 aromatic heterocycles. The minimum atomic E-state index is -1.26. The minimum Gasteiger partial charge on any atom is -0.480 e. The Morgan fingerprint density at radius 1 is 1.17 bits per heavy atom. The van der Waals surface area contributed by atoms with Gasteiger partial charge in [-0.3, -0.25) is 19.2 Å². The second-order valence-corrected chi connectivity index (χ2v) is 8.49. The fourth-order valence-corrected chi connectivity index (χ4v) is 3.92. The number of amides is 4. The van der Waals surface area contributed by atoms with Crippen molar-refractivity contribution < 1.29 is 29.1 Å². The van der Waals surface area contributed by atoms with Crippen molar-refractivity contribution in [3.8, 4) is 0 Å². The Morgan fingerprint density at radius 2 is 1.89 bits per heavy atom. The first-order valence-corrected chi connectivity index (χ1v) is 11.5. The molecule has 35 heavy (non-hydrogen) atoms. The number of aliphatic carboxylic acids is 1. The molecule has 0 aliphatic carbocycles. The number of carboxylic acids is 1. The van der Waals surface area contributed by atoms with Crippen LogP contribution in [0.4, 0.5) is 0 Å². The largest absolute Gasteiger partial charge is 0.480 e. The normalized spacial score (nSPS) is 17.9. The molecule has 0 aromatic carbocycles. The van der Waals surface area contributed by atoms with E-state index in [1.165, 1.54) is 17.4 Å². The molecule has 1 aliphatic heterocycles. The van der Waals surface area contributed by atoms with Crippen LogP contribution in [0.5, 0.6) is 0 Å². The lowest BCUT2D eigenvalue weighted by molar-refractivity contribution is -0.149. The second kappa shape index (κ2) is 13.4. The van der Waals surface area contributed by atoms with Gasteiger partial charge in [-0.05, 0) is 38.6 Å². The van der Waals surface area contributed by atoms with E-state index in [0.29, 0.717) is 37.9 Å². The number of nitrogens with zero attached hydrogens (tertiary/aromatic N) is 2. The number of hydrogen-bond donors (Lipinski definition) is 7. The van der Waals surface area contributed by atoms with Gasteiger partial charge >= 0.3 is 5.97 Å². The number of carboxylic acid groups (broad SMARTS) is 1.